The lowest BCUT2D eigenvalue weighted by Gasteiger charge is -2.36. The second-order valence-electron chi connectivity index (χ2n) is 8.49. The molecule has 0 saturated heterocycles. The van der Waals surface area contributed by atoms with Gasteiger partial charge in [0, 0.05) is 0 Å². The van der Waals surface area contributed by atoms with Crippen LogP contribution in [0.15, 0.2) is 112 Å². The third kappa shape index (κ3) is 5.25. The summed E-state index contributed by atoms with van der Waals surface area (Å²) in [5.74, 6) is -3.65. The molecule has 0 radical (unpaired) electrons. The van der Waals surface area contributed by atoms with Crippen molar-refractivity contribution < 1.29 is 32.2 Å². The molecular weight excluding hydrogens is 534 g/mol. The summed E-state index contributed by atoms with van der Waals surface area (Å²) in [6.45, 7) is 0. The lowest BCUT2D eigenvalue weighted by Crippen LogP contribution is -2.41. The number of hydrogen-bond acceptors (Lipinski definition) is 10. The van der Waals surface area contributed by atoms with Crippen molar-refractivity contribution >= 4 is 27.5 Å². The zero-order chi connectivity index (χ0) is 28.9. The predicted octanol–water partition coefficient (Wildman–Crippen LogP) is 3.39. The van der Waals surface area contributed by atoms with Crippen LogP contribution < -0.4 is 15.4 Å². The van der Waals surface area contributed by atoms with E-state index in [2.05, 4.69) is 0 Å². The minimum absolute atomic E-state index is 0.0854. The monoisotopic (exact) mass is 559 g/mol. The van der Waals surface area contributed by atoms with Gasteiger partial charge in [-0.2, -0.15) is 5.26 Å². The molecule has 0 saturated carbocycles. The van der Waals surface area contributed by atoms with Crippen LogP contribution in [0, 0.1) is 11.3 Å². The molecule has 1 atom stereocenters. The molecule has 0 aliphatic carbocycles. The number of benzene rings is 3. The van der Waals surface area contributed by atoms with Crippen LogP contribution in [0.25, 0.3) is 0 Å². The molecule has 0 aromatic heterocycles. The molecule has 40 heavy (non-hydrogen) atoms. The Balaban J connectivity index is 1.97. The summed E-state index contributed by atoms with van der Waals surface area (Å²) >= 11 is 0. The highest BCUT2D eigenvalue weighted by Crippen LogP contribution is 2.44. The predicted molar refractivity (Wildman–Crippen MR) is 145 cm³/mol. The van der Waals surface area contributed by atoms with Crippen molar-refractivity contribution in [2.24, 2.45) is 5.73 Å². The number of carbonyl (C=O) groups excluding carboxylic acids is 2. The molecule has 0 bridgehead atoms. The topological polar surface area (TPSA) is 149 Å². The van der Waals surface area contributed by atoms with Crippen LogP contribution in [0.5, 0.6) is 5.75 Å². The Kier molecular flexibility index (Phi) is 8.21. The van der Waals surface area contributed by atoms with E-state index >= 15 is 0 Å². The first-order valence-electron chi connectivity index (χ1n) is 11.9. The van der Waals surface area contributed by atoms with E-state index in [1.165, 1.54) is 24.3 Å². The molecule has 2 N–H and O–H groups in total. The van der Waals surface area contributed by atoms with E-state index in [0.29, 0.717) is 11.3 Å². The highest BCUT2D eigenvalue weighted by molar-refractivity contribution is 7.91. The summed E-state index contributed by atoms with van der Waals surface area (Å²) in [4.78, 5) is 27.3. The highest BCUT2D eigenvalue weighted by atomic mass is 32.2. The van der Waals surface area contributed by atoms with E-state index in [9.17, 15) is 23.3 Å². The number of sulfone groups is 1. The molecule has 1 aliphatic heterocycles. The summed E-state index contributed by atoms with van der Waals surface area (Å²) in [5, 5.41) is 10.2. The average molecular weight is 560 g/mol. The Labute approximate surface area is 231 Å². The van der Waals surface area contributed by atoms with Gasteiger partial charge in [0.2, 0.25) is 9.84 Å². The van der Waals surface area contributed by atoms with Crippen LogP contribution >= 0.6 is 0 Å². The van der Waals surface area contributed by atoms with Gasteiger partial charge in [0.25, 0.3) is 0 Å². The number of carbonyl (C=O) groups is 2. The maximum absolute atomic E-state index is 13.5. The number of rotatable bonds is 8. The highest BCUT2D eigenvalue weighted by Gasteiger charge is 2.44. The van der Waals surface area contributed by atoms with Crippen molar-refractivity contribution in [2.45, 2.75) is 10.8 Å². The van der Waals surface area contributed by atoms with Crippen molar-refractivity contribution in [3.05, 3.63) is 113 Å². The third-order valence-corrected chi connectivity index (χ3v) is 7.62. The van der Waals surface area contributed by atoms with Crippen LogP contribution in [-0.2, 0) is 28.9 Å². The summed E-state index contributed by atoms with van der Waals surface area (Å²) in [6.07, 6.45) is 0. The Morgan fingerprint density at radius 2 is 1.48 bits per heavy atom. The fourth-order valence-electron chi connectivity index (χ4n) is 4.39. The van der Waals surface area contributed by atoms with Crippen LogP contribution in [0.3, 0.4) is 0 Å². The van der Waals surface area contributed by atoms with E-state index < -0.39 is 33.6 Å². The fraction of sp³-hybridized carbons (Fsp3) is 0.138. The van der Waals surface area contributed by atoms with Crippen LogP contribution in [-0.4, -0.2) is 40.5 Å². The fourth-order valence-corrected chi connectivity index (χ4v) is 5.58. The second kappa shape index (κ2) is 11.8. The van der Waals surface area contributed by atoms with E-state index in [4.69, 9.17) is 19.9 Å². The molecule has 0 spiro atoms. The number of allylic oxidation sites excluding steroid dienone is 1. The molecule has 1 heterocycles. The minimum atomic E-state index is -4.17. The molecule has 1 unspecified atom stereocenters. The number of hydrogen-bond donors (Lipinski definition) is 1. The number of ether oxygens (including phenoxy) is 3. The van der Waals surface area contributed by atoms with Gasteiger partial charge in [0.1, 0.15) is 17.3 Å². The van der Waals surface area contributed by atoms with Gasteiger partial charge in [-0.05, 0) is 29.8 Å². The molecular formula is C29H25N3O7S. The van der Waals surface area contributed by atoms with Crippen LogP contribution in [0.2, 0.25) is 0 Å². The summed E-state index contributed by atoms with van der Waals surface area (Å²) in [5.41, 5.74) is 6.21. The van der Waals surface area contributed by atoms with Crippen LogP contribution in [0.4, 0.5) is 5.69 Å². The Morgan fingerprint density at radius 1 is 0.900 bits per heavy atom. The number of nitrogens with two attached hydrogens (primary N) is 1. The standard InChI is InChI=1S/C29H25N3O7S/c1-37-28(33)25-24(19-11-5-3-6-12-19)21(17-30)27(31)32(26(25)29(34)38-2)22-15-9-10-16-23(22)40(35,36)18-39-20-13-7-4-8-14-20/h3-16,24H,18,31H2,1-2H3. The molecule has 4 rings (SSSR count). The number of nitriles is 1. The maximum atomic E-state index is 13.5. The number of para-hydroxylation sites is 2. The number of anilines is 1. The largest absolute Gasteiger partial charge is 0.477 e. The van der Waals surface area contributed by atoms with E-state index in [1.54, 1.807) is 60.7 Å². The number of nitrogens with zero attached hydrogens (tertiary/aromatic N) is 2. The lowest BCUT2D eigenvalue weighted by atomic mass is 9.81. The maximum Gasteiger partial charge on any atom is 0.355 e. The van der Waals surface area contributed by atoms with Gasteiger partial charge in [-0.1, -0.05) is 60.7 Å². The van der Waals surface area contributed by atoms with Gasteiger partial charge in [-0.25, -0.2) is 18.0 Å². The molecule has 11 heteroatoms. The Hall–Kier alpha value is -5.08. The molecule has 0 amide bonds. The van der Waals surface area contributed by atoms with Crippen molar-refractivity contribution in [2.75, 3.05) is 25.1 Å². The summed E-state index contributed by atoms with van der Waals surface area (Å²) in [7, 11) is -1.93. The van der Waals surface area contributed by atoms with Gasteiger partial charge in [0.05, 0.1) is 47.9 Å². The minimum Gasteiger partial charge on any atom is -0.477 e. The first-order valence-corrected chi connectivity index (χ1v) is 13.6. The van der Waals surface area contributed by atoms with Gasteiger partial charge in [0.15, 0.2) is 5.94 Å². The molecule has 3 aromatic rings. The van der Waals surface area contributed by atoms with Crippen molar-refractivity contribution in [1.82, 2.24) is 0 Å². The Morgan fingerprint density at radius 3 is 2.08 bits per heavy atom. The SMILES string of the molecule is COC(=O)C1=C(C(=O)OC)N(c2ccccc2S(=O)(=O)COc2ccccc2)C(N)=C(C#N)C1c1ccccc1. The summed E-state index contributed by atoms with van der Waals surface area (Å²) < 4.78 is 42.6. The van der Waals surface area contributed by atoms with E-state index in [0.717, 1.165) is 19.1 Å². The third-order valence-electron chi connectivity index (χ3n) is 6.18. The van der Waals surface area contributed by atoms with E-state index in [-0.39, 0.29) is 33.2 Å². The number of methoxy groups -OCH3 is 2. The first-order chi connectivity index (χ1) is 19.2. The average Bonchev–Trinajstić information content (AvgIpc) is 2.99. The zero-order valence-corrected chi connectivity index (χ0v) is 22.4. The van der Waals surface area contributed by atoms with Crippen molar-refractivity contribution in [3.8, 4) is 11.8 Å². The zero-order valence-electron chi connectivity index (χ0n) is 21.6. The smallest absolute Gasteiger partial charge is 0.355 e. The van der Waals surface area contributed by atoms with Gasteiger partial charge < -0.3 is 19.9 Å². The van der Waals surface area contributed by atoms with Crippen molar-refractivity contribution in [1.29, 1.82) is 5.26 Å². The lowest BCUT2D eigenvalue weighted by molar-refractivity contribution is -0.139. The molecule has 0 fully saturated rings. The normalized spacial score (nSPS) is 15.3. The Bertz CT molecular complexity index is 1640. The van der Waals surface area contributed by atoms with Gasteiger partial charge in [-0.3, -0.25) is 4.90 Å². The second-order valence-corrected chi connectivity index (χ2v) is 10.4. The van der Waals surface area contributed by atoms with Crippen molar-refractivity contribution in [3.63, 3.8) is 0 Å². The first kappa shape index (κ1) is 27.9. The van der Waals surface area contributed by atoms with Gasteiger partial charge >= 0.3 is 11.9 Å². The molecule has 3 aromatic carbocycles. The van der Waals surface area contributed by atoms with E-state index in [1.807, 2.05) is 6.07 Å². The van der Waals surface area contributed by atoms with Crippen LogP contribution in [0.1, 0.15) is 11.5 Å². The summed E-state index contributed by atoms with van der Waals surface area (Å²) in [6, 6.07) is 24.6. The number of esters is 2. The molecule has 10 nitrogen and oxygen atoms in total. The quantitative estimate of drug-likeness (QED) is 0.407. The molecule has 1 aliphatic rings. The van der Waals surface area contributed by atoms with Gasteiger partial charge in [-0.15, -0.1) is 0 Å². The molecule has 204 valence electrons.